The van der Waals surface area contributed by atoms with Crippen LogP contribution in [0, 0.1) is 0 Å². The summed E-state index contributed by atoms with van der Waals surface area (Å²) < 4.78 is 0. The van der Waals surface area contributed by atoms with E-state index >= 15 is 0 Å². The maximum absolute atomic E-state index is 11.6. The van der Waals surface area contributed by atoms with Crippen LogP contribution in [0.25, 0.3) is 0 Å². The Morgan fingerprint density at radius 1 is 0.679 bits per heavy atom. The second kappa shape index (κ2) is 10.2. The highest BCUT2D eigenvalue weighted by molar-refractivity contribution is 5.90. The summed E-state index contributed by atoms with van der Waals surface area (Å²) in [5.74, 6) is -0.298. The number of rotatable bonds is 6. The van der Waals surface area contributed by atoms with Crippen LogP contribution in [0.2, 0.25) is 0 Å². The molecule has 2 aromatic carbocycles. The number of amides is 4. The summed E-state index contributed by atoms with van der Waals surface area (Å²) in [5, 5.41) is 12.9. The smallest absolute Gasteiger partial charge is 0.326 e. The van der Waals surface area contributed by atoms with Crippen LogP contribution >= 0.6 is 0 Å². The molecule has 0 aliphatic heterocycles. The SMILES string of the molecule is CC(=O)Nc1ccc(/C=N/NC(=O)N/N=C/c2ccc(NC(C)=O)cc2)cc1. The fraction of sp³-hybridized carbons (Fsp3) is 0.105. The number of benzene rings is 2. The molecule has 0 saturated carbocycles. The Balaban J connectivity index is 1.77. The van der Waals surface area contributed by atoms with E-state index in [2.05, 4.69) is 31.7 Å². The molecule has 0 fully saturated rings. The first-order valence-electron chi connectivity index (χ1n) is 8.30. The third kappa shape index (κ3) is 7.48. The van der Waals surface area contributed by atoms with Crippen molar-refractivity contribution in [3.63, 3.8) is 0 Å². The van der Waals surface area contributed by atoms with Gasteiger partial charge in [0.1, 0.15) is 0 Å². The molecule has 144 valence electrons. The molecule has 9 nitrogen and oxygen atoms in total. The summed E-state index contributed by atoms with van der Waals surface area (Å²) in [5.41, 5.74) is 7.41. The molecule has 4 amide bonds. The number of carbonyl (C=O) groups is 3. The molecule has 0 unspecified atom stereocenters. The van der Waals surface area contributed by atoms with Crippen LogP contribution in [0.1, 0.15) is 25.0 Å². The van der Waals surface area contributed by atoms with E-state index in [0.717, 1.165) is 11.1 Å². The van der Waals surface area contributed by atoms with E-state index in [0.29, 0.717) is 11.4 Å². The van der Waals surface area contributed by atoms with Gasteiger partial charge in [0.25, 0.3) is 0 Å². The summed E-state index contributed by atoms with van der Waals surface area (Å²) in [4.78, 5) is 33.5. The van der Waals surface area contributed by atoms with Crippen LogP contribution in [-0.2, 0) is 9.59 Å². The van der Waals surface area contributed by atoms with Crippen LogP contribution in [0.3, 0.4) is 0 Å². The Labute approximate surface area is 161 Å². The highest BCUT2D eigenvalue weighted by Crippen LogP contribution is 2.08. The first kappa shape index (κ1) is 20.3. The summed E-state index contributed by atoms with van der Waals surface area (Å²) in [6.07, 6.45) is 2.92. The number of hydrogen-bond acceptors (Lipinski definition) is 5. The fourth-order valence-electron chi connectivity index (χ4n) is 2.07. The third-order valence-corrected chi connectivity index (χ3v) is 3.22. The maximum atomic E-state index is 11.6. The monoisotopic (exact) mass is 380 g/mol. The average molecular weight is 380 g/mol. The number of carbonyl (C=O) groups excluding carboxylic acids is 3. The molecule has 0 aromatic heterocycles. The Bertz CT molecular complexity index is 815. The molecule has 0 saturated heterocycles. The lowest BCUT2D eigenvalue weighted by molar-refractivity contribution is -0.115. The predicted molar refractivity (Wildman–Crippen MR) is 108 cm³/mol. The number of anilines is 2. The minimum Gasteiger partial charge on any atom is -0.326 e. The van der Waals surface area contributed by atoms with Crippen molar-refractivity contribution in [3.8, 4) is 0 Å². The second-order valence-electron chi connectivity index (χ2n) is 5.68. The van der Waals surface area contributed by atoms with Crippen molar-refractivity contribution >= 4 is 41.6 Å². The van der Waals surface area contributed by atoms with Gasteiger partial charge in [-0.25, -0.2) is 15.6 Å². The van der Waals surface area contributed by atoms with E-state index in [1.54, 1.807) is 48.5 Å². The largest absolute Gasteiger partial charge is 0.355 e. The topological polar surface area (TPSA) is 124 Å². The third-order valence-electron chi connectivity index (χ3n) is 3.22. The van der Waals surface area contributed by atoms with E-state index in [9.17, 15) is 14.4 Å². The minimum absolute atomic E-state index is 0.149. The fourth-order valence-corrected chi connectivity index (χ4v) is 2.07. The molecule has 2 aromatic rings. The minimum atomic E-state index is -0.600. The summed E-state index contributed by atoms with van der Waals surface area (Å²) in [7, 11) is 0. The van der Waals surface area contributed by atoms with E-state index in [-0.39, 0.29) is 11.8 Å². The van der Waals surface area contributed by atoms with Gasteiger partial charge in [-0.2, -0.15) is 10.2 Å². The van der Waals surface area contributed by atoms with Crippen molar-refractivity contribution in [1.82, 2.24) is 10.9 Å². The Morgan fingerprint density at radius 3 is 1.36 bits per heavy atom. The lowest BCUT2D eigenvalue weighted by atomic mass is 10.2. The zero-order chi connectivity index (χ0) is 20.4. The van der Waals surface area contributed by atoms with Crippen molar-refractivity contribution in [2.45, 2.75) is 13.8 Å². The number of urea groups is 1. The molecule has 0 spiro atoms. The first-order chi connectivity index (χ1) is 13.4. The van der Waals surface area contributed by atoms with Crippen LogP contribution in [0.5, 0.6) is 0 Å². The molecule has 4 N–H and O–H groups in total. The maximum Gasteiger partial charge on any atom is 0.355 e. The standard InChI is InChI=1S/C19H20N6O3/c1-13(26)22-17-7-3-15(4-8-17)11-20-24-19(28)25-21-12-16-5-9-18(10-6-16)23-14(2)27/h3-12H,1-2H3,(H,22,26)(H,23,27)(H2,24,25,28)/b20-11+,21-12+. The number of hydrogen-bond donors (Lipinski definition) is 4. The van der Waals surface area contributed by atoms with Gasteiger partial charge in [-0.3, -0.25) is 9.59 Å². The highest BCUT2D eigenvalue weighted by atomic mass is 16.2. The molecule has 28 heavy (non-hydrogen) atoms. The number of nitrogens with one attached hydrogen (secondary N) is 4. The van der Waals surface area contributed by atoms with E-state index in [4.69, 9.17) is 0 Å². The molecule has 0 aliphatic rings. The zero-order valence-corrected chi connectivity index (χ0v) is 15.4. The van der Waals surface area contributed by atoms with Gasteiger partial charge < -0.3 is 10.6 Å². The summed E-state index contributed by atoms with van der Waals surface area (Å²) in [6.45, 7) is 2.86. The normalized spacial score (nSPS) is 10.6. The molecule has 0 bridgehead atoms. The van der Waals surface area contributed by atoms with Gasteiger partial charge in [0, 0.05) is 25.2 Å². The second-order valence-corrected chi connectivity index (χ2v) is 5.68. The Morgan fingerprint density at radius 2 is 1.04 bits per heavy atom. The first-order valence-corrected chi connectivity index (χ1v) is 8.30. The van der Waals surface area contributed by atoms with E-state index in [1.165, 1.54) is 26.3 Å². The van der Waals surface area contributed by atoms with Gasteiger partial charge in [0.15, 0.2) is 0 Å². The molecule has 0 aliphatic carbocycles. The lowest BCUT2D eigenvalue weighted by Crippen LogP contribution is -2.28. The van der Waals surface area contributed by atoms with Crippen LogP contribution < -0.4 is 21.5 Å². The van der Waals surface area contributed by atoms with Crippen molar-refractivity contribution in [2.24, 2.45) is 10.2 Å². The molecule has 9 heteroatoms. The zero-order valence-electron chi connectivity index (χ0n) is 15.4. The summed E-state index contributed by atoms with van der Waals surface area (Å²) in [6, 6.07) is 13.3. The molecule has 0 radical (unpaired) electrons. The molecule has 0 heterocycles. The molecule has 2 rings (SSSR count). The quantitative estimate of drug-likeness (QED) is 0.454. The predicted octanol–water partition coefficient (Wildman–Crippen LogP) is 2.27. The van der Waals surface area contributed by atoms with Crippen LogP contribution in [0.4, 0.5) is 16.2 Å². The summed E-state index contributed by atoms with van der Waals surface area (Å²) >= 11 is 0. The van der Waals surface area contributed by atoms with Crippen molar-refractivity contribution < 1.29 is 14.4 Å². The van der Waals surface area contributed by atoms with Crippen molar-refractivity contribution in [3.05, 3.63) is 59.7 Å². The van der Waals surface area contributed by atoms with Crippen LogP contribution in [0.15, 0.2) is 58.7 Å². The lowest BCUT2D eigenvalue weighted by Gasteiger charge is -2.02. The number of hydrazone groups is 2. The van der Waals surface area contributed by atoms with Gasteiger partial charge in [0.2, 0.25) is 11.8 Å². The highest BCUT2D eigenvalue weighted by Gasteiger charge is 1.97. The van der Waals surface area contributed by atoms with Gasteiger partial charge in [-0.05, 0) is 35.4 Å². The van der Waals surface area contributed by atoms with Gasteiger partial charge in [-0.15, -0.1) is 0 Å². The van der Waals surface area contributed by atoms with E-state index in [1.807, 2.05) is 0 Å². The molecule has 0 atom stereocenters. The van der Waals surface area contributed by atoms with Gasteiger partial charge >= 0.3 is 6.03 Å². The average Bonchev–Trinajstić information content (AvgIpc) is 2.64. The van der Waals surface area contributed by atoms with E-state index < -0.39 is 6.03 Å². The van der Waals surface area contributed by atoms with Crippen molar-refractivity contribution in [2.75, 3.05) is 10.6 Å². The van der Waals surface area contributed by atoms with Gasteiger partial charge in [-0.1, -0.05) is 24.3 Å². The van der Waals surface area contributed by atoms with Crippen molar-refractivity contribution in [1.29, 1.82) is 0 Å². The van der Waals surface area contributed by atoms with Crippen LogP contribution in [-0.4, -0.2) is 30.3 Å². The molecular weight excluding hydrogens is 360 g/mol. The number of nitrogens with zero attached hydrogens (tertiary/aromatic N) is 2. The molecular formula is C19H20N6O3. The van der Waals surface area contributed by atoms with Gasteiger partial charge in [0.05, 0.1) is 12.4 Å². The Hall–Kier alpha value is -4.01. The Kier molecular flexibility index (Phi) is 7.41.